The molecule has 0 aliphatic carbocycles. The number of amides is 1. The van der Waals surface area contributed by atoms with Crippen LogP contribution in [0.4, 0.5) is 10.5 Å². The number of rotatable bonds is 4. The predicted octanol–water partition coefficient (Wildman–Crippen LogP) is 3.15. The van der Waals surface area contributed by atoms with E-state index in [0.717, 1.165) is 0 Å². The number of carbonyl (C=O) groups is 1. The van der Waals surface area contributed by atoms with Crippen LogP contribution in [0.5, 0.6) is 0 Å². The Kier molecular flexibility index (Phi) is 4.87. The van der Waals surface area contributed by atoms with Gasteiger partial charge in [0.2, 0.25) is 0 Å². The minimum Gasteiger partial charge on any atom is -0.444 e. The van der Waals surface area contributed by atoms with Gasteiger partial charge in [0.25, 0.3) is 5.69 Å². The van der Waals surface area contributed by atoms with Gasteiger partial charge in [0.1, 0.15) is 5.60 Å². The normalized spacial score (nSPS) is 11.2. The van der Waals surface area contributed by atoms with Crippen LogP contribution in [0.15, 0.2) is 36.7 Å². The SMILES string of the molecule is CN(Cc1cc([N+](=O)[O-])ccc1-n1cccn1)C(=O)OC(C)(C)C. The highest BCUT2D eigenvalue weighted by Gasteiger charge is 2.21. The van der Waals surface area contributed by atoms with Crippen LogP contribution in [0.25, 0.3) is 5.69 Å². The number of hydrogen-bond acceptors (Lipinski definition) is 5. The number of carbonyl (C=O) groups excluding carboxylic acids is 1. The molecule has 1 heterocycles. The topological polar surface area (TPSA) is 90.5 Å². The summed E-state index contributed by atoms with van der Waals surface area (Å²) in [6, 6.07) is 6.22. The quantitative estimate of drug-likeness (QED) is 0.633. The van der Waals surface area contributed by atoms with Crippen LogP contribution in [0.1, 0.15) is 26.3 Å². The number of nitro groups is 1. The average molecular weight is 332 g/mol. The van der Waals surface area contributed by atoms with Crippen LogP contribution >= 0.6 is 0 Å². The molecule has 8 heteroatoms. The van der Waals surface area contributed by atoms with Gasteiger partial charge in [-0.15, -0.1) is 0 Å². The van der Waals surface area contributed by atoms with E-state index in [9.17, 15) is 14.9 Å². The Bertz CT molecular complexity index is 735. The fourth-order valence-electron chi connectivity index (χ4n) is 2.11. The lowest BCUT2D eigenvalue weighted by molar-refractivity contribution is -0.384. The standard InChI is InChI=1S/C16H20N4O4/c1-16(2,3)24-15(21)18(4)11-12-10-13(20(22)23)6-7-14(12)19-9-5-8-17-19/h5-10H,11H2,1-4H3. The largest absolute Gasteiger partial charge is 0.444 e. The van der Waals surface area contributed by atoms with Gasteiger partial charge in [-0.2, -0.15) is 5.10 Å². The van der Waals surface area contributed by atoms with E-state index in [4.69, 9.17) is 4.74 Å². The lowest BCUT2D eigenvalue weighted by Gasteiger charge is -2.25. The van der Waals surface area contributed by atoms with Crippen molar-refractivity contribution in [2.45, 2.75) is 32.9 Å². The lowest BCUT2D eigenvalue weighted by atomic mass is 10.1. The molecule has 2 aromatic rings. The molecule has 0 atom stereocenters. The first kappa shape index (κ1) is 17.5. The van der Waals surface area contributed by atoms with Gasteiger partial charge in [0, 0.05) is 37.1 Å². The summed E-state index contributed by atoms with van der Waals surface area (Å²) in [5.74, 6) is 0. The summed E-state index contributed by atoms with van der Waals surface area (Å²) in [5.41, 5.74) is 0.611. The van der Waals surface area contributed by atoms with Crippen molar-refractivity contribution in [3.63, 3.8) is 0 Å². The van der Waals surface area contributed by atoms with Gasteiger partial charge in [-0.25, -0.2) is 9.48 Å². The van der Waals surface area contributed by atoms with E-state index in [-0.39, 0.29) is 12.2 Å². The molecule has 1 amide bonds. The zero-order valence-electron chi connectivity index (χ0n) is 14.1. The van der Waals surface area contributed by atoms with Gasteiger partial charge >= 0.3 is 6.09 Å². The molecular weight excluding hydrogens is 312 g/mol. The van der Waals surface area contributed by atoms with Gasteiger partial charge in [-0.3, -0.25) is 10.1 Å². The summed E-state index contributed by atoms with van der Waals surface area (Å²) in [5, 5.41) is 15.2. The van der Waals surface area contributed by atoms with E-state index in [1.54, 1.807) is 57.0 Å². The van der Waals surface area contributed by atoms with Crippen LogP contribution in [0, 0.1) is 10.1 Å². The van der Waals surface area contributed by atoms with Crippen LogP contribution in [0.2, 0.25) is 0 Å². The number of nitro benzene ring substituents is 1. The molecule has 0 aliphatic heterocycles. The Hall–Kier alpha value is -2.90. The van der Waals surface area contributed by atoms with Crippen molar-refractivity contribution in [3.8, 4) is 5.69 Å². The maximum Gasteiger partial charge on any atom is 0.410 e. The number of aromatic nitrogens is 2. The van der Waals surface area contributed by atoms with Gasteiger partial charge in [0.15, 0.2) is 0 Å². The van der Waals surface area contributed by atoms with Crippen molar-refractivity contribution < 1.29 is 14.5 Å². The van der Waals surface area contributed by atoms with Crippen molar-refractivity contribution in [3.05, 3.63) is 52.3 Å². The molecule has 0 saturated carbocycles. The fraction of sp³-hybridized carbons (Fsp3) is 0.375. The smallest absolute Gasteiger partial charge is 0.410 e. The number of benzene rings is 1. The van der Waals surface area contributed by atoms with Gasteiger partial charge in [-0.1, -0.05) is 0 Å². The second-order valence-electron chi connectivity index (χ2n) is 6.36. The Balaban J connectivity index is 2.31. The van der Waals surface area contributed by atoms with Gasteiger partial charge in [0.05, 0.1) is 17.2 Å². The fourth-order valence-corrected chi connectivity index (χ4v) is 2.11. The highest BCUT2D eigenvalue weighted by molar-refractivity contribution is 5.68. The Morgan fingerprint density at radius 1 is 1.42 bits per heavy atom. The molecule has 0 radical (unpaired) electrons. The third-order valence-corrected chi connectivity index (χ3v) is 3.14. The molecule has 0 aliphatic rings. The number of hydrogen-bond donors (Lipinski definition) is 0. The Labute approximate surface area is 139 Å². The van der Waals surface area contributed by atoms with Crippen molar-refractivity contribution in [1.29, 1.82) is 0 Å². The molecular formula is C16H20N4O4. The highest BCUT2D eigenvalue weighted by Crippen LogP contribution is 2.22. The average Bonchev–Trinajstić information content (AvgIpc) is 2.99. The predicted molar refractivity (Wildman–Crippen MR) is 87.9 cm³/mol. The molecule has 0 spiro atoms. The first-order valence-electron chi connectivity index (χ1n) is 7.39. The van der Waals surface area contributed by atoms with E-state index >= 15 is 0 Å². The van der Waals surface area contributed by atoms with Gasteiger partial charge < -0.3 is 9.64 Å². The molecule has 0 unspecified atom stereocenters. The number of non-ortho nitro benzene ring substituents is 1. The Morgan fingerprint density at radius 2 is 2.12 bits per heavy atom. The molecule has 1 aromatic carbocycles. The van der Waals surface area contributed by atoms with E-state index in [1.165, 1.54) is 17.0 Å². The minimum absolute atomic E-state index is 0.0431. The zero-order valence-corrected chi connectivity index (χ0v) is 14.1. The zero-order chi connectivity index (χ0) is 17.9. The van der Waals surface area contributed by atoms with Crippen molar-refractivity contribution in [2.75, 3.05) is 7.05 Å². The van der Waals surface area contributed by atoms with E-state index in [1.807, 2.05) is 0 Å². The second kappa shape index (κ2) is 6.69. The molecule has 0 N–H and O–H groups in total. The summed E-state index contributed by atoms with van der Waals surface area (Å²) in [6.45, 7) is 5.50. The maximum absolute atomic E-state index is 12.1. The monoisotopic (exact) mass is 332 g/mol. The van der Waals surface area contributed by atoms with Crippen LogP contribution in [-0.2, 0) is 11.3 Å². The minimum atomic E-state index is -0.612. The molecule has 2 rings (SSSR count). The molecule has 0 fully saturated rings. The van der Waals surface area contributed by atoms with Crippen molar-refractivity contribution in [1.82, 2.24) is 14.7 Å². The van der Waals surface area contributed by atoms with E-state index in [2.05, 4.69) is 5.10 Å². The molecule has 24 heavy (non-hydrogen) atoms. The molecule has 0 saturated heterocycles. The van der Waals surface area contributed by atoms with Gasteiger partial charge in [-0.05, 0) is 32.9 Å². The summed E-state index contributed by atoms with van der Waals surface area (Å²) in [6.07, 6.45) is 2.85. The van der Waals surface area contributed by atoms with E-state index < -0.39 is 16.6 Å². The third-order valence-electron chi connectivity index (χ3n) is 3.14. The van der Waals surface area contributed by atoms with Crippen LogP contribution < -0.4 is 0 Å². The van der Waals surface area contributed by atoms with Crippen molar-refractivity contribution in [2.24, 2.45) is 0 Å². The summed E-state index contributed by atoms with van der Waals surface area (Å²) >= 11 is 0. The molecule has 1 aromatic heterocycles. The third kappa shape index (κ3) is 4.31. The Morgan fingerprint density at radius 3 is 2.67 bits per heavy atom. The molecule has 0 bridgehead atoms. The van der Waals surface area contributed by atoms with Crippen molar-refractivity contribution >= 4 is 11.8 Å². The summed E-state index contributed by atoms with van der Waals surface area (Å²) in [4.78, 5) is 24.1. The lowest BCUT2D eigenvalue weighted by Crippen LogP contribution is -2.34. The number of ether oxygens (including phenoxy) is 1. The first-order chi connectivity index (χ1) is 11.2. The van der Waals surface area contributed by atoms with Crippen LogP contribution in [-0.4, -0.2) is 38.3 Å². The molecule has 128 valence electrons. The summed E-state index contributed by atoms with van der Waals surface area (Å²) in [7, 11) is 1.58. The summed E-state index contributed by atoms with van der Waals surface area (Å²) < 4.78 is 6.91. The van der Waals surface area contributed by atoms with Crippen LogP contribution in [0.3, 0.4) is 0 Å². The second-order valence-corrected chi connectivity index (χ2v) is 6.36. The highest BCUT2D eigenvalue weighted by atomic mass is 16.6. The maximum atomic E-state index is 12.1. The number of nitrogens with zero attached hydrogens (tertiary/aromatic N) is 4. The first-order valence-corrected chi connectivity index (χ1v) is 7.39. The van der Waals surface area contributed by atoms with E-state index in [0.29, 0.717) is 11.3 Å². The molecule has 8 nitrogen and oxygen atoms in total.